The number of unbranched alkanes of at least 4 members (excludes halogenated alkanes) is 2. The van der Waals surface area contributed by atoms with Gasteiger partial charge in [-0.1, -0.05) is 37.5 Å². The zero-order valence-electron chi connectivity index (χ0n) is 16.3. The predicted molar refractivity (Wildman–Crippen MR) is 104 cm³/mol. The molecule has 0 saturated heterocycles. The molecule has 4 heteroatoms. The molecule has 140 valence electrons. The Hall–Kier alpha value is -2.49. The van der Waals surface area contributed by atoms with Gasteiger partial charge in [0.2, 0.25) is 0 Å². The summed E-state index contributed by atoms with van der Waals surface area (Å²) < 4.78 is 16.3. The van der Waals surface area contributed by atoms with Crippen molar-refractivity contribution in [2.75, 3.05) is 21.3 Å². The van der Waals surface area contributed by atoms with Crippen LogP contribution in [0.25, 0.3) is 11.1 Å². The van der Waals surface area contributed by atoms with Crippen molar-refractivity contribution in [3.8, 4) is 22.6 Å². The Bertz CT molecular complexity index is 740. The fourth-order valence-corrected chi connectivity index (χ4v) is 3.11. The Morgan fingerprint density at radius 3 is 2.15 bits per heavy atom. The fourth-order valence-electron chi connectivity index (χ4n) is 3.11. The Labute approximate surface area is 156 Å². The number of aryl methyl sites for hydroxylation is 2. The summed E-state index contributed by atoms with van der Waals surface area (Å²) in [6.07, 6.45) is 4.47. The van der Waals surface area contributed by atoms with E-state index in [0.717, 1.165) is 29.5 Å². The first-order valence-corrected chi connectivity index (χ1v) is 8.99. The molecule has 0 saturated carbocycles. The van der Waals surface area contributed by atoms with E-state index in [1.165, 1.54) is 25.5 Å². The van der Waals surface area contributed by atoms with Crippen LogP contribution in [0.4, 0.5) is 0 Å². The van der Waals surface area contributed by atoms with Crippen molar-refractivity contribution in [1.82, 2.24) is 0 Å². The largest absolute Gasteiger partial charge is 0.496 e. The fraction of sp³-hybridized carbons (Fsp3) is 0.409. The van der Waals surface area contributed by atoms with Gasteiger partial charge in [-0.2, -0.15) is 0 Å². The number of hydrogen-bond acceptors (Lipinski definition) is 4. The third-order valence-electron chi connectivity index (χ3n) is 4.48. The molecule has 0 radical (unpaired) electrons. The Balaban J connectivity index is 2.62. The summed E-state index contributed by atoms with van der Waals surface area (Å²) in [5.41, 5.74) is 4.24. The lowest BCUT2D eigenvalue weighted by Crippen LogP contribution is -2.05. The van der Waals surface area contributed by atoms with Gasteiger partial charge in [-0.3, -0.25) is 0 Å². The SMILES string of the molecule is CCCCCc1cc(OC)c(-c2cc(C)ccc2C(=O)OC)c(OC)c1. The van der Waals surface area contributed by atoms with E-state index in [1.54, 1.807) is 20.3 Å². The number of methoxy groups -OCH3 is 3. The zero-order chi connectivity index (χ0) is 19.1. The number of esters is 1. The molecule has 0 spiro atoms. The third-order valence-corrected chi connectivity index (χ3v) is 4.48. The Kier molecular flexibility index (Phi) is 7.07. The van der Waals surface area contributed by atoms with Crippen molar-refractivity contribution in [2.24, 2.45) is 0 Å². The Morgan fingerprint density at radius 1 is 0.962 bits per heavy atom. The van der Waals surface area contributed by atoms with Crippen molar-refractivity contribution in [2.45, 2.75) is 39.5 Å². The summed E-state index contributed by atoms with van der Waals surface area (Å²) in [5.74, 6) is 1.02. The average molecular weight is 356 g/mol. The average Bonchev–Trinajstić information content (AvgIpc) is 2.66. The first-order valence-electron chi connectivity index (χ1n) is 8.99. The normalized spacial score (nSPS) is 10.5. The van der Waals surface area contributed by atoms with Crippen LogP contribution in [0.3, 0.4) is 0 Å². The molecule has 0 amide bonds. The smallest absolute Gasteiger partial charge is 0.338 e. The molecule has 0 aliphatic carbocycles. The van der Waals surface area contributed by atoms with E-state index in [1.807, 2.05) is 31.2 Å². The standard InChI is InChI=1S/C22H28O4/c1-6-7-8-9-16-13-19(24-3)21(20(14-16)25-4)18-12-15(2)10-11-17(18)22(23)26-5/h10-14H,6-9H2,1-5H3. The molecule has 2 rings (SSSR count). The van der Waals surface area contributed by atoms with Crippen molar-refractivity contribution in [3.05, 3.63) is 47.0 Å². The molecule has 0 bridgehead atoms. The second-order valence-electron chi connectivity index (χ2n) is 6.37. The van der Waals surface area contributed by atoms with Gasteiger partial charge < -0.3 is 14.2 Å². The number of hydrogen-bond donors (Lipinski definition) is 0. The van der Waals surface area contributed by atoms with Crippen LogP contribution in [-0.2, 0) is 11.2 Å². The number of ether oxygens (including phenoxy) is 3. The lowest BCUT2D eigenvalue weighted by atomic mass is 9.94. The van der Waals surface area contributed by atoms with Crippen molar-refractivity contribution in [1.29, 1.82) is 0 Å². The monoisotopic (exact) mass is 356 g/mol. The van der Waals surface area contributed by atoms with Gasteiger partial charge in [-0.15, -0.1) is 0 Å². The van der Waals surface area contributed by atoms with Crippen LogP contribution in [0.15, 0.2) is 30.3 Å². The second-order valence-corrected chi connectivity index (χ2v) is 6.37. The maximum absolute atomic E-state index is 12.3. The van der Waals surface area contributed by atoms with E-state index in [-0.39, 0.29) is 5.97 Å². The predicted octanol–water partition coefficient (Wildman–Crippen LogP) is 5.20. The highest BCUT2D eigenvalue weighted by Crippen LogP contribution is 2.42. The van der Waals surface area contributed by atoms with E-state index >= 15 is 0 Å². The number of carbonyl (C=O) groups excluding carboxylic acids is 1. The minimum atomic E-state index is -0.379. The van der Waals surface area contributed by atoms with Crippen LogP contribution in [0.5, 0.6) is 11.5 Å². The first-order chi connectivity index (χ1) is 12.5. The molecule has 0 heterocycles. The molecule has 0 unspecified atom stereocenters. The van der Waals surface area contributed by atoms with Crippen molar-refractivity contribution < 1.29 is 19.0 Å². The van der Waals surface area contributed by atoms with E-state index in [2.05, 4.69) is 6.92 Å². The molecule has 4 nitrogen and oxygen atoms in total. The highest BCUT2D eigenvalue weighted by atomic mass is 16.5. The first kappa shape index (κ1) is 19.8. The molecule has 0 aliphatic rings. The summed E-state index contributed by atoms with van der Waals surface area (Å²) in [5, 5.41) is 0. The number of benzene rings is 2. The van der Waals surface area contributed by atoms with Gasteiger partial charge in [-0.05, 0) is 43.5 Å². The van der Waals surface area contributed by atoms with Gasteiger partial charge in [0.15, 0.2) is 0 Å². The summed E-state index contributed by atoms with van der Waals surface area (Å²) in [6.45, 7) is 4.18. The highest BCUT2D eigenvalue weighted by molar-refractivity contribution is 5.99. The summed E-state index contributed by atoms with van der Waals surface area (Å²) in [6, 6.07) is 9.72. The maximum atomic E-state index is 12.3. The lowest BCUT2D eigenvalue weighted by molar-refractivity contribution is 0.0601. The van der Waals surface area contributed by atoms with Crippen LogP contribution in [0.2, 0.25) is 0 Å². The molecule has 26 heavy (non-hydrogen) atoms. The molecular formula is C22H28O4. The molecule has 2 aromatic carbocycles. The number of carbonyl (C=O) groups is 1. The van der Waals surface area contributed by atoms with Crippen LogP contribution in [-0.4, -0.2) is 27.3 Å². The third kappa shape index (κ3) is 4.37. The Morgan fingerprint density at radius 2 is 1.62 bits per heavy atom. The maximum Gasteiger partial charge on any atom is 0.338 e. The second kappa shape index (κ2) is 9.27. The quantitative estimate of drug-likeness (QED) is 0.482. The number of rotatable bonds is 8. The molecule has 2 aromatic rings. The van der Waals surface area contributed by atoms with E-state index in [4.69, 9.17) is 14.2 Å². The summed E-state index contributed by atoms with van der Waals surface area (Å²) >= 11 is 0. The van der Waals surface area contributed by atoms with Crippen LogP contribution >= 0.6 is 0 Å². The molecule has 0 atom stereocenters. The minimum absolute atomic E-state index is 0.379. The lowest BCUT2D eigenvalue weighted by Gasteiger charge is -2.18. The minimum Gasteiger partial charge on any atom is -0.496 e. The molecule has 0 fully saturated rings. The van der Waals surface area contributed by atoms with Gasteiger partial charge in [0.1, 0.15) is 11.5 Å². The molecule has 0 N–H and O–H groups in total. The summed E-state index contributed by atoms with van der Waals surface area (Å²) in [7, 11) is 4.67. The molecule has 0 aromatic heterocycles. The van der Waals surface area contributed by atoms with E-state index < -0.39 is 0 Å². The van der Waals surface area contributed by atoms with E-state index in [9.17, 15) is 4.79 Å². The van der Waals surface area contributed by atoms with Crippen molar-refractivity contribution in [3.63, 3.8) is 0 Å². The van der Waals surface area contributed by atoms with E-state index in [0.29, 0.717) is 17.1 Å². The van der Waals surface area contributed by atoms with Crippen LogP contribution in [0, 0.1) is 6.92 Å². The molecular weight excluding hydrogens is 328 g/mol. The topological polar surface area (TPSA) is 44.8 Å². The van der Waals surface area contributed by atoms with Gasteiger partial charge in [0.25, 0.3) is 0 Å². The van der Waals surface area contributed by atoms with Gasteiger partial charge in [-0.25, -0.2) is 4.79 Å². The summed E-state index contributed by atoms with van der Waals surface area (Å²) in [4.78, 5) is 12.3. The van der Waals surface area contributed by atoms with Crippen molar-refractivity contribution >= 4 is 5.97 Å². The van der Waals surface area contributed by atoms with Gasteiger partial charge in [0, 0.05) is 5.56 Å². The highest BCUT2D eigenvalue weighted by Gasteiger charge is 2.21. The van der Waals surface area contributed by atoms with Crippen LogP contribution in [0.1, 0.15) is 47.7 Å². The van der Waals surface area contributed by atoms with Gasteiger partial charge in [0.05, 0.1) is 32.5 Å². The zero-order valence-corrected chi connectivity index (χ0v) is 16.3. The molecule has 0 aliphatic heterocycles. The van der Waals surface area contributed by atoms with Gasteiger partial charge >= 0.3 is 5.97 Å². The van der Waals surface area contributed by atoms with Crippen LogP contribution < -0.4 is 9.47 Å².